The van der Waals surface area contributed by atoms with Crippen LogP contribution in [0.3, 0.4) is 0 Å². The second-order valence-electron chi connectivity index (χ2n) is 5.17. The number of benzene rings is 1. The minimum Gasteiger partial charge on any atom is -0.497 e. The van der Waals surface area contributed by atoms with Gasteiger partial charge in [-0.05, 0) is 31.2 Å². The standard InChI is InChI=1S/C16H24N2O4/c1-11(2)15(19)17-9-10-18-16(20)12(3)22-14-7-5-13(21-4)6-8-14/h5-8,11-12H,9-10H2,1-4H3,(H,17,19)(H,18,20). The van der Waals surface area contributed by atoms with E-state index >= 15 is 0 Å². The second kappa shape index (κ2) is 8.92. The highest BCUT2D eigenvalue weighted by Crippen LogP contribution is 2.18. The third-order valence-electron chi connectivity index (χ3n) is 2.99. The molecule has 22 heavy (non-hydrogen) atoms. The largest absolute Gasteiger partial charge is 0.497 e. The summed E-state index contributed by atoms with van der Waals surface area (Å²) >= 11 is 0. The Morgan fingerprint density at radius 3 is 1.95 bits per heavy atom. The summed E-state index contributed by atoms with van der Waals surface area (Å²) in [5, 5.41) is 5.45. The fraction of sp³-hybridized carbons (Fsp3) is 0.500. The molecule has 122 valence electrons. The fourth-order valence-corrected chi connectivity index (χ4v) is 1.63. The van der Waals surface area contributed by atoms with E-state index in [1.165, 1.54) is 0 Å². The first-order valence-electron chi connectivity index (χ1n) is 7.30. The van der Waals surface area contributed by atoms with Crippen molar-refractivity contribution in [3.63, 3.8) is 0 Å². The predicted molar refractivity (Wildman–Crippen MR) is 83.9 cm³/mol. The van der Waals surface area contributed by atoms with E-state index in [9.17, 15) is 9.59 Å². The molecular formula is C16H24N2O4. The van der Waals surface area contributed by atoms with Crippen LogP contribution in [0.2, 0.25) is 0 Å². The Morgan fingerprint density at radius 1 is 0.955 bits per heavy atom. The fourth-order valence-electron chi connectivity index (χ4n) is 1.63. The number of hydrogen-bond donors (Lipinski definition) is 2. The molecule has 1 unspecified atom stereocenters. The van der Waals surface area contributed by atoms with Crippen LogP contribution in [0.15, 0.2) is 24.3 Å². The monoisotopic (exact) mass is 308 g/mol. The minimum absolute atomic E-state index is 0.0308. The van der Waals surface area contributed by atoms with Gasteiger partial charge in [-0.25, -0.2) is 0 Å². The summed E-state index contributed by atoms with van der Waals surface area (Å²) in [5.41, 5.74) is 0. The van der Waals surface area contributed by atoms with Crippen molar-refractivity contribution in [2.75, 3.05) is 20.2 Å². The Morgan fingerprint density at radius 2 is 1.45 bits per heavy atom. The van der Waals surface area contributed by atoms with E-state index in [1.54, 1.807) is 38.3 Å². The molecule has 2 amide bonds. The van der Waals surface area contributed by atoms with Crippen LogP contribution in [0.25, 0.3) is 0 Å². The zero-order chi connectivity index (χ0) is 16.5. The molecule has 0 aromatic heterocycles. The number of nitrogens with one attached hydrogen (secondary N) is 2. The van der Waals surface area contributed by atoms with Gasteiger partial charge in [-0.3, -0.25) is 9.59 Å². The van der Waals surface area contributed by atoms with Crippen LogP contribution in [0.1, 0.15) is 20.8 Å². The first-order chi connectivity index (χ1) is 10.4. The lowest BCUT2D eigenvalue weighted by molar-refractivity contribution is -0.128. The molecule has 1 rings (SSSR count). The van der Waals surface area contributed by atoms with E-state index in [1.807, 2.05) is 13.8 Å². The normalized spacial score (nSPS) is 11.7. The molecule has 6 heteroatoms. The number of carbonyl (C=O) groups excluding carboxylic acids is 2. The van der Waals surface area contributed by atoms with Crippen molar-refractivity contribution in [2.45, 2.75) is 26.9 Å². The molecule has 0 aliphatic heterocycles. The second-order valence-corrected chi connectivity index (χ2v) is 5.17. The molecule has 2 N–H and O–H groups in total. The van der Waals surface area contributed by atoms with Gasteiger partial charge in [0.05, 0.1) is 7.11 Å². The van der Waals surface area contributed by atoms with Gasteiger partial charge >= 0.3 is 0 Å². The van der Waals surface area contributed by atoms with Crippen molar-refractivity contribution in [3.05, 3.63) is 24.3 Å². The molecule has 6 nitrogen and oxygen atoms in total. The number of methoxy groups -OCH3 is 1. The van der Waals surface area contributed by atoms with Crippen LogP contribution >= 0.6 is 0 Å². The maximum absolute atomic E-state index is 11.9. The van der Waals surface area contributed by atoms with Gasteiger partial charge < -0.3 is 20.1 Å². The quantitative estimate of drug-likeness (QED) is 0.711. The number of carbonyl (C=O) groups is 2. The molecule has 1 aromatic rings. The molecule has 0 radical (unpaired) electrons. The predicted octanol–water partition coefficient (Wildman–Crippen LogP) is 1.35. The first-order valence-corrected chi connectivity index (χ1v) is 7.30. The third kappa shape index (κ3) is 6.03. The van der Waals surface area contributed by atoms with Gasteiger partial charge in [-0.2, -0.15) is 0 Å². The van der Waals surface area contributed by atoms with Crippen LogP contribution < -0.4 is 20.1 Å². The lowest BCUT2D eigenvalue weighted by Gasteiger charge is -2.15. The van der Waals surface area contributed by atoms with Gasteiger partial charge in [0.2, 0.25) is 5.91 Å². The Hall–Kier alpha value is -2.24. The summed E-state index contributed by atoms with van der Waals surface area (Å²) in [6, 6.07) is 7.01. The van der Waals surface area contributed by atoms with Crippen LogP contribution in [0.4, 0.5) is 0 Å². The van der Waals surface area contributed by atoms with E-state index in [-0.39, 0.29) is 17.7 Å². The van der Waals surface area contributed by atoms with Crippen LogP contribution in [-0.2, 0) is 9.59 Å². The third-order valence-corrected chi connectivity index (χ3v) is 2.99. The van der Waals surface area contributed by atoms with Crippen molar-refractivity contribution in [1.82, 2.24) is 10.6 Å². The number of amides is 2. The summed E-state index contributed by atoms with van der Waals surface area (Å²) in [5.74, 6) is 1.00. The average Bonchev–Trinajstić information content (AvgIpc) is 2.51. The Labute approximate surface area is 131 Å². The van der Waals surface area contributed by atoms with E-state index in [4.69, 9.17) is 9.47 Å². The zero-order valence-corrected chi connectivity index (χ0v) is 13.5. The number of rotatable bonds is 8. The first kappa shape index (κ1) is 17.8. The van der Waals surface area contributed by atoms with Crippen LogP contribution in [0, 0.1) is 5.92 Å². The highest BCUT2D eigenvalue weighted by Gasteiger charge is 2.14. The Bertz CT molecular complexity index is 485. The van der Waals surface area contributed by atoms with Gasteiger partial charge in [0.1, 0.15) is 11.5 Å². The van der Waals surface area contributed by atoms with Crippen LogP contribution in [-0.4, -0.2) is 38.1 Å². The number of hydrogen-bond acceptors (Lipinski definition) is 4. The maximum Gasteiger partial charge on any atom is 0.260 e. The molecule has 1 atom stereocenters. The molecule has 0 saturated heterocycles. The van der Waals surface area contributed by atoms with Crippen LogP contribution in [0.5, 0.6) is 11.5 Å². The van der Waals surface area contributed by atoms with E-state index in [0.717, 1.165) is 5.75 Å². The summed E-state index contributed by atoms with van der Waals surface area (Å²) in [4.78, 5) is 23.2. The van der Waals surface area contributed by atoms with Crippen molar-refractivity contribution >= 4 is 11.8 Å². The molecule has 0 bridgehead atoms. The Balaban J connectivity index is 2.30. The molecule has 1 aromatic carbocycles. The molecule has 0 aliphatic rings. The van der Waals surface area contributed by atoms with Gasteiger partial charge in [-0.15, -0.1) is 0 Å². The van der Waals surface area contributed by atoms with Crippen molar-refractivity contribution in [2.24, 2.45) is 5.92 Å². The highest BCUT2D eigenvalue weighted by molar-refractivity contribution is 5.81. The Kier molecular flexibility index (Phi) is 7.22. The topological polar surface area (TPSA) is 76.7 Å². The van der Waals surface area contributed by atoms with Crippen molar-refractivity contribution < 1.29 is 19.1 Å². The molecule has 0 saturated carbocycles. The summed E-state index contributed by atoms with van der Waals surface area (Å²) in [6.07, 6.45) is -0.616. The lowest BCUT2D eigenvalue weighted by Crippen LogP contribution is -2.41. The van der Waals surface area contributed by atoms with Crippen molar-refractivity contribution in [1.29, 1.82) is 0 Å². The van der Waals surface area contributed by atoms with Crippen molar-refractivity contribution in [3.8, 4) is 11.5 Å². The molecule has 0 aliphatic carbocycles. The van der Waals surface area contributed by atoms with Gasteiger partial charge in [-0.1, -0.05) is 13.8 Å². The molecule has 0 heterocycles. The summed E-state index contributed by atoms with van der Waals surface area (Å²) < 4.78 is 10.6. The average molecular weight is 308 g/mol. The maximum atomic E-state index is 11.9. The molecule has 0 fully saturated rings. The molecular weight excluding hydrogens is 284 g/mol. The number of ether oxygens (including phenoxy) is 2. The summed E-state index contributed by atoms with van der Waals surface area (Å²) in [7, 11) is 1.59. The van der Waals surface area contributed by atoms with E-state index in [2.05, 4.69) is 10.6 Å². The van der Waals surface area contributed by atoms with E-state index < -0.39 is 6.10 Å². The van der Waals surface area contributed by atoms with Gasteiger partial charge in [0.15, 0.2) is 6.10 Å². The summed E-state index contributed by atoms with van der Waals surface area (Å²) in [6.45, 7) is 6.08. The minimum atomic E-state index is -0.616. The zero-order valence-electron chi connectivity index (χ0n) is 13.5. The van der Waals surface area contributed by atoms with E-state index in [0.29, 0.717) is 18.8 Å². The molecule has 0 spiro atoms. The lowest BCUT2D eigenvalue weighted by atomic mass is 10.2. The smallest absolute Gasteiger partial charge is 0.260 e. The SMILES string of the molecule is COc1ccc(OC(C)C(=O)NCCNC(=O)C(C)C)cc1. The van der Waals surface area contributed by atoms with Gasteiger partial charge in [0.25, 0.3) is 5.91 Å². The van der Waals surface area contributed by atoms with Gasteiger partial charge in [0, 0.05) is 19.0 Å². The highest BCUT2D eigenvalue weighted by atomic mass is 16.5.